The molecule has 1 heterocycles. The van der Waals surface area contributed by atoms with Crippen LogP contribution in [0.25, 0.3) is 10.1 Å². The first-order chi connectivity index (χ1) is 8.04. The number of thiophene rings is 1. The molecular formula is C12H12F3NS. The van der Waals surface area contributed by atoms with E-state index in [9.17, 15) is 13.2 Å². The average molecular weight is 259 g/mol. The topological polar surface area (TPSA) is 12.0 Å². The van der Waals surface area contributed by atoms with E-state index < -0.39 is 11.7 Å². The van der Waals surface area contributed by atoms with Gasteiger partial charge in [-0.05, 0) is 43.1 Å². The first-order valence-corrected chi connectivity index (χ1v) is 6.13. The Bertz CT molecular complexity index is 516. The molecule has 0 unspecified atom stereocenters. The van der Waals surface area contributed by atoms with Crippen molar-refractivity contribution in [1.82, 2.24) is 5.32 Å². The fourth-order valence-corrected chi connectivity index (χ4v) is 2.85. The summed E-state index contributed by atoms with van der Waals surface area (Å²) >= 11 is 1.37. The number of hydrogen-bond acceptors (Lipinski definition) is 2. The second kappa shape index (κ2) is 4.66. The third kappa shape index (κ3) is 2.45. The number of rotatable bonds is 3. The molecule has 0 radical (unpaired) electrons. The largest absolute Gasteiger partial charge is 0.417 e. The minimum absolute atomic E-state index is 0.361. The molecule has 0 aliphatic carbocycles. The molecule has 0 fully saturated rings. The van der Waals surface area contributed by atoms with Crippen LogP contribution in [0.3, 0.4) is 0 Å². The Hall–Kier alpha value is -1.07. The summed E-state index contributed by atoms with van der Waals surface area (Å²) in [6.45, 7) is 0.679. The fourth-order valence-electron chi connectivity index (χ4n) is 1.83. The summed E-state index contributed by atoms with van der Waals surface area (Å²) in [5, 5.41) is 5.13. The summed E-state index contributed by atoms with van der Waals surface area (Å²) in [6, 6.07) is 4.35. The molecule has 1 aromatic carbocycles. The predicted molar refractivity (Wildman–Crippen MR) is 64.5 cm³/mol. The number of halogens is 3. The maximum atomic E-state index is 12.9. The summed E-state index contributed by atoms with van der Waals surface area (Å²) in [7, 11) is 1.79. The third-order valence-electron chi connectivity index (χ3n) is 2.63. The number of alkyl halides is 3. The van der Waals surface area contributed by atoms with Gasteiger partial charge in [0.05, 0.1) is 5.56 Å². The van der Waals surface area contributed by atoms with Gasteiger partial charge in [0, 0.05) is 10.1 Å². The minimum atomic E-state index is -4.28. The van der Waals surface area contributed by atoms with Gasteiger partial charge in [-0.15, -0.1) is 11.3 Å². The Balaban J connectivity index is 2.56. The number of hydrogen-bond donors (Lipinski definition) is 1. The summed E-state index contributed by atoms with van der Waals surface area (Å²) in [4.78, 5) is 0. The first-order valence-electron chi connectivity index (χ1n) is 5.25. The van der Waals surface area contributed by atoms with E-state index in [0.717, 1.165) is 11.6 Å². The van der Waals surface area contributed by atoms with E-state index in [0.29, 0.717) is 23.1 Å². The standard InChI is InChI=1S/C12H12F3NS/c1-16-6-5-8-7-17-10-4-2-3-9(11(8)10)12(13,14)15/h2-4,7,16H,5-6H2,1H3. The quantitative estimate of drug-likeness (QED) is 0.886. The van der Waals surface area contributed by atoms with E-state index in [-0.39, 0.29) is 0 Å². The zero-order valence-corrected chi connectivity index (χ0v) is 10.1. The van der Waals surface area contributed by atoms with Crippen molar-refractivity contribution in [1.29, 1.82) is 0 Å². The molecule has 0 saturated carbocycles. The lowest BCUT2D eigenvalue weighted by atomic mass is 10.0. The molecule has 0 atom stereocenters. The molecule has 0 aliphatic rings. The van der Waals surface area contributed by atoms with E-state index in [2.05, 4.69) is 5.32 Å². The van der Waals surface area contributed by atoms with Gasteiger partial charge in [0.2, 0.25) is 0 Å². The Morgan fingerprint density at radius 2 is 2.06 bits per heavy atom. The van der Waals surface area contributed by atoms with Gasteiger partial charge in [0.15, 0.2) is 0 Å². The van der Waals surface area contributed by atoms with E-state index in [4.69, 9.17) is 0 Å². The molecule has 1 aromatic heterocycles. The second-order valence-electron chi connectivity index (χ2n) is 3.79. The predicted octanol–water partition coefficient (Wildman–Crippen LogP) is 3.68. The maximum absolute atomic E-state index is 12.9. The smallest absolute Gasteiger partial charge is 0.319 e. The van der Waals surface area contributed by atoms with Crippen LogP contribution in [0.1, 0.15) is 11.1 Å². The number of nitrogens with one attached hydrogen (secondary N) is 1. The Labute approximate surface area is 101 Å². The van der Waals surface area contributed by atoms with Crippen LogP contribution < -0.4 is 5.32 Å². The molecule has 0 spiro atoms. The van der Waals surface area contributed by atoms with Crippen molar-refractivity contribution in [3.05, 3.63) is 34.7 Å². The molecule has 2 aromatic rings. The van der Waals surface area contributed by atoms with Crippen LogP contribution in [0.5, 0.6) is 0 Å². The molecule has 5 heteroatoms. The molecule has 17 heavy (non-hydrogen) atoms. The van der Waals surface area contributed by atoms with Crippen molar-refractivity contribution < 1.29 is 13.2 Å². The van der Waals surface area contributed by atoms with Gasteiger partial charge in [-0.1, -0.05) is 6.07 Å². The van der Waals surface area contributed by atoms with E-state index in [1.54, 1.807) is 13.1 Å². The molecule has 1 nitrogen and oxygen atoms in total. The zero-order valence-electron chi connectivity index (χ0n) is 9.27. The Morgan fingerprint density at radius 3 is 2.71 bits per heavy atom. The summed E-state index contributed by atoms with van der Waals surface area (Å²) in [6.07, 6.45) is -3.67. The number of fused-ring (bicyclic) bond motifs is 1. The van der Waals surface area contributed by atoms with Crippen molar-refractivity contribution >= 4 is 21.4 Å². The zero-order chi connectivity index (χ0) is 12.5. The van der Waals surface area contributed by atoms with Crippen LogP contribution in [0.15, 0.2) is 23.6 Å². The van der Waals surface area contributed by atoms with Crippen molar-refractivity contribution in [3.8, 4) is 0 Å². The van der Waals surface area contributed by atoms with Crippen molar-refractivity contribution in [2.75, 3.05) is 13.6 Å². The molecule has 0 saturated heterocycles. The van der Waals surface area contributed by atoms with E-state index in [1.807, 2.05) is 5.38 Å². The summed E-state index contributed by atoms with van der Waals surface area (Å²) in [5.74, 6) is 0. The molecule has 0 bridgehead atoms. The monoisotopic (exact) mass is 259 g/mol. The normalized spacial score (nSPS) is 12.2. The van der Waals surface area contributed by atoms with Crippen LogP contribution in [0, 0.1) is 0 Å². The highest BCUT2D eigenvalue weighted by molar-refractivity contribution is 7.17. The molecule has 92 valence electrons. The average Bonchev–Trinajstić information content (AvgIpc) is 2.68. The van der Waals surface area contributed by atoms with Gasteiger partial charge in [-0.2, -0.15) is 13.2 Å². The van der Waals surface area contributed by atoms with Gasteiger partial charge < -0.3 is 5.32 Å². The highest BCUT2D eigenvalue weighted by Gasteiger charge is 2.33. The summed E-state index contributed by atoms with van der Waals surface area (Å²) in [5.41, 5.74) is 0.245. The van der Waals surface area contributed by atoms with Gasteiger partial charge in [0.1, 0.15) is 0 Å². The maximum Gasteiger partial charge on any atom is 0.417 e. The van der Waals surface area contributed by atoms with Crippen molar-refractivity contribution in [2.24, 2.45) is 0 Å². The van der Waals surface area contributed by atoms with Crippen molar-refractivity contribution in [2.45, 2.75) is 12.6 Å². The molecule has 2 rings (SSSR count). The van der Waals surface area contributed by atoms with Crippen LogP contribution in [-0.2, 0) is 12.6 Å². The lowest BCUT2D eigenvalue weighted by molar-refractivity contribution is -0.136. The highest BCUT2D eigenvalue weighted by atomic mass is 32.1. The lowest BCUT2D eigenvalue weighted by Gasteiger charge is -2.09. The molecule has 0 amide bonds. The fraction of sp³-hybridized carbons (Fsp3) is 0.333. The highest BCUT2D eigenvalue weighted by Crippen LogP contribution is 2.38. The van der Waals surface area contributed by atoms with Gasteiger partial charge in [0.25, 0.3) is 0 Å². The Kier molecular flexibility index (Phi) is 3.40. The van der Waals surface area contributed by atoms with Gasteiger partial charge in [-0.3, -0.25) is 0 Å². The SMILES string of the molecule is CNCCc1csc2cccc(C(F)(F)F)c12. The van der Waals surface area contributed by atoms with Crippen LogP contribution >= 0.6 is 11.3 Å². The van der Waals surface area contributed by atoms with Gasteiger partial charge >= 0.3 is 6.18 Å². The minimum Gasteiger partial charge on any atom is -0.319 e. The van der Waals surface area contributed by atoms with Gasteiger partial charge in [-0.25, -0.2) is 0 Å². The number of likely N-dealkylation sites (N-methyl/N-ethyl adjacent to an activating group) is 1. The lowest BCUT2D eigenvalue weighted by Crippen LogP contribution is -2.11. The van der Waals surface area contributed by atoms with Crippen LogP contribution in [0.2, 0.25) is 0 Å². The van der Waals surface area contributed by atoms with Crippen LogP contribution in [0.4, 0.5) is 13.2 Å². The van der Waals surface area contributed by atoms with E-state index in [1.165, 1.54) is 17.4 Å². The Morgan fingerprint density at radius 1 is 1.29 bits per heavy atom. The molecule has 0 aliphatic heterocycles. The van der Waals surface area contributed by atoms with Crippen molar-refractivity contribution in [3.63, 3.8) is 0 Å². The number of benzene rings is 1. The molecular weight excluding hydrogens is 247 g/mol. The first kappa shape index (κ1) is 12.4. The molecule has 1 N–H and O–H groups in total. The second-order valence-corrected chi connectivity index (χ2v) is 4.70. The third-order valence-corrected chi connectivity index (χ3v) is 3.62. The van der Waals surface area contributed by atoms with E-state index >= 15 is 0 Å². The summed E-state index contributed by atoms with van der Waals surface area (Å²) < 4.78 is 39.4. The van der Waals surface area contributed by atoms with Crippen LogP contribution in [-0.4, -0.2) is 13.6 Å².